The zero-order valence-electron chi connectivity index (χ0n) is 9.43. The Morgan fingerprint density at radius 2 is 1.93 bits per heavy atom. The molecule has 0 aromatic carbocycles. The molecule has 0 saturated heterocycles. The summed E-state index contributed by atoms with van der Waals surface area (Å²) >= 11 is 0. The third-order valence-electron chi connectivity index (χ3n) is 2.00. The molecule has 0 radical (unpaired) electrons. The molecule has 0 aliphatic heterocycles. The molecule has 1 amide bonds. The number of halogens is 1. The maximum absolute atomic E-state index is 10.9. The zero-order valence-corrected chi connectivity index (χ0v) is 10.3. The van der Waals surface area contributed by atoms with Gasteiger partial charge in [-0.3, -0.25) is 0 Å². The van der Waals surface area contributed by atoms with Gasteiger partial charge in [0.15, 0.2) is 0 Å². The van der Waals surface area contributed by atoms with Gasteiger partial charge >= 0.3 is 6.09 Å². The zero-order chi connectivity index (χ0) is 11.4. The van der Waals surface area contributed by atoms with E-state index in [1.807, 2.05) is 20.8 Å². The van der Waals surface area contributed by atoms with Crippen molar-refractivity contribution < 1.29 is 15.0 Å². The number of amides is 1. The predicted octanol–water partition coefficient (Wildman–Crippen LogP) is 0.896. The minimum Gasteiger partial charge on any atom is -0.465 e. The van der Waals surface area contributed by atoms with Gasteiger partial charge in [-0.25, -0.2) is 4.79 Å². The summed E-state index contributed by atoms with van der Waals surface area (Å²) in [5.74, 6) is 0. The largest absolute Gasteiger partial charge is 0.465 e. The fraction of sp³-hybridized carbons (Fsp3) is 0.889. The molecule has 5 nitrogen and oxygen atoms in total. The molecule has 0 aliphatic rings. The van der Waals surface area contributed by atoms with Crippen molar-refractivity contribution in [1.29, 1.82) is 0 Å². The highest BCUT2D eigenvalue weighted by Gasteiger charge is 2.25. The van der Waals surface area contributed by atoms with Crippen molar-refractivity contribution >= 4 is 18.5 Å². The number of aliphatic hydroxyl groups excluding tert-OH is 1. The Balaban J connectivity index is 0. The van der Waals surface area contributed by atoms with Gasteiger partial charge in [-0.15, -0.1) is 12.4 Å². The van der Waals surface area contributed by atoms with Crippen LogP contribution in [0.3, 0.4) is 0 Å². The second kappa shape index (κ2) is 6.87. The Morgan fingerprint density at radius 1 is 1.47 bits per heavy atom. The number of nitrogens with zero attached hydrogens (tertiary/aromatic N) is 1. The first kappa shape index (κ1) is 16.9. The number of hydrogen-bond donors (Lipinski definition) is 3. The lowest BCUT2D eigenvalue weighted by molar-refractivity contribution is 0.0961. The average molecular weight is 241 g/mol. The van der Waals surface area contributed by atoms with Gasteiger partial charge in [0, 0.05) is 18.1 Å². The van der Waals surface area contributed by atoms with Crippen LogP contribution in [-0.4, -0.2) is 45.9 Å². The van der Waals surface area contributed by atoms with Crippen molar-refractivity contribution in [2.24, 2.45) is 5.73 Å². The molecule has 0 spiro atoms. The minimum atomic E-state index is -0.956. The first-order chi connectivity index (χ1) is 6.29. The molecule has 0 fully saturated rings. The Morgan fingerprint density at radius 3 is 2.20 bits per heavy atom. The molecule has 0 rings (SSSR count). The number of carboxylic acid groups (broad SMARTS) is 1. The Kier molecular flexibility index (Phi) is 7.74. The third-order valence-corrected chi connectivity index (χ3v) is 2.00. The quantitative estimate of drug-likeness (QED) is 0.681. The molecular weight excluding hydrogens is 220 g/mol. The second-order valence-corrected chi connectivity index (χ2v) is 4.34. The molecule has 0 heterocycles. The molecule has 15 heavy (non-hydrogen) atoms. The SMILES string of the molecule is CC(C)(C)N(CC[C@H](N)CO)C(=O)O.Cl. The van der Waals surface area contributed by atoms with E-state index in [0.717, 1.165) is 0 Å². The van der Waals surface area contributed by atoms with Gasteiger partial charge in [0.25, 0.3) is 0 Å². The van der Waals surface area contributed by atoms with Gasteiger partial charge < -0.3 is 20.8 Å². The number of rotatable bonds is 4. The Bertz CT molecular complexity index is 194. The summed E-state index contributed by atoms with van der Waals surface area (Å²) in [6, 6.07) is -0.348. The molecule has 6 heteroatoms. The topological polar surface area (TPSA) is 86.8 Å². The molecule has 0 aromatic heterocycles. The van der Waals surface area contributed by atoms with Crippen molar-refractivity contribution in [3.63, 3.8) is 0 Å². The Labute approximate surface area is 96.7 Å². The third kappa shape index (κ3) is 6.54. The molecule has 4 N–H and O–H groups in total. The highest BCUT2D eigenvalue weighted by Crippen LogP contribution is 2.13. The molecular formula is C9H21ClN2O3. The maximum Gasteiger partial charge on any atom is 0.407 e. The Hall–Kier alpha value is -0.520. The average Bonchev–Trinajstić information content (AvgIpc) is 2.01. The highest BCUT2D eigenvalue weighted by atomic mass is 35.5. The monoisotopic (exact) mass is 240 g/mol. The lowest BCUT2D eigenvalue weighted by Gasteiger charge is -2.33. The van der Waals surface area contributed by atoms with Crippen molar-refractivity contribution in [1.82, 2.24) is 4.90 Å². The van der Waals surface area contributed by atoms with Crippen LogP contribution in [0.15, 0.2) is 0 Å². The van der Waals surface area contributed by atoms with Crippen LogP contribution >= 0.6 is 12.4 Å². The van der Waals surface area contributed by atoms with E-state index in [1.54, 1.807) is 0 Å². The van der Waals surface area contributed by atoms with Crippen LogP contribution < -0.4 is 5.73 Å². The summed E-state index contributed by atoms with van der Waals surface area (Å²) in [6.07, 6.45) is -0.484. The van der Waals surface area contributed by atoms with Gasteiger partial charge in [-0.1, -0.05) is 0 Å². The van der Waals surface area contributed by atoms with Gasteiger partial charge in [-0.2, -0.15) is 0 Å². The van der Waals surface area contributed by atoms with Gasteiger partial charge in [0.05, 0.1) is 6.61 Å². The van der Waals surface area contributed by atoms with Gasteiger partial charge in [-0.05, 0) is 27.2 Å². The van der Waals surface area contributed by atoms with E-state index in [0.29, 0.717) is 13.0 Å². The maximum atomic E-state index is 10.9. The molecule has 92 valence electrons. The van der Waals surface area contributed by atoms with Crippen molar-refractivity contribution in [2.45, 2.75) is 38.8 Å². The van der Waals surface area contributed by atoms with E-state index in [4.69, 9.17) is 15.9 Å². The van der Waals surface area contributed by atoms with E-state index in [1.165, 1.54) is 4.90 Å². The fourth-order valence-corrected chi connectivity index (χ4v) is 1.10. The van der Waals surface area contributed by atoms with Gasteiger partial charge in [0.2, 0.25) is 0 Å². The second-order valence-electron chi connectivity index (χ2n) is 4.34. The molecule has 1 atom stereocenters. The van der Waals surface area contributed by atoms with Crippen LogP contribution in [0.2, 0.25) is 0 Å². The van der Waals surface area contributed by atoms with E-state index in [9.17, 15) is 4.79 Å². The first-order valence-electron chi connectivity index (χ1n) is 4.66. The molecule has 0 bridgehead atoms. The van der Waals surface area contributed by atoms with Crippen LogP contribution in [-0.2, 0) is 0 Å². The van der Waals surface area contributed by atoms with E-state index >= 15 is 0 Å². The number of hydrogen-bond acceptors (Lipinski definition) is 3. The van der Waals surface area contributed by atoms with Crippen LogP contribution in [0.25, 0.3) is 0 Å². The van der Waals surface area contributed by atoms with Crippen LogP contribution in [0.5, 0.6) is 0 Å². The standard InChI is InChI=1S/C9H20N2O3.ClH/c1-9(2,3)11(8(13)14)5-4-7(10)6-12;/h7,12H,4-6,10H2,1-3H3,(H,13,14);1H/t7-;/m0./s1. The van der Waals surface area contributed by atoms with Gasteiger partial charge in [0.1, 0.15) is 0 Å². The van der Waals surface area contributed by atoms with E-state index in [-0.39, 0.29) is 25.1 Å². The van der Waals surface area contributed by atoms with Crippen LogP contribution in [0.1, 0.15) is 27.2 Å². The molecule has 0 unspecified atom stereocenters. The van der Waals surface area contributed by atoms with E-state index in [2.05, 4.69) is 0 Å². The number of nitrogens with two attached hydrogens (primary N) is 1. The first-order valence-corrected chi connectivity index (χ1v) is 4.66. The minimum absolute atomic E-state index is 0. The summed E-state index contributed by atoms with van der Waals surface area (Å²) < 4.78 is 0. The summed E-state index contributed by atoms with van der Waals surface area (Å²) in [4.78, 5) is 12.2. The summed E-state index contributed by atoms with van der Waals surface area (Å²) in [5, 5.41) is 17.6. The number of carbonyl (C=O) groups is 1. The van der Waals surface area contributed by atoms with Crippen molar-refractivity contribution in [3.05, 3.63) is 0 Å². The highest BCUT2D eigenvalue weighted by molar-refractivity contribution is 5.85. The molecule has 0 aromatic rings. The lowest BCUT2D eigenvalue weighted by atomic mass is 10.1. The normalized spacial score (nSPS) is 12.9. The number of aliphatic hydroxyl groups is 1. The summed E-state index contributed by atoms with van der Waals surface area (Å²) in [7, 11) is 0. The van der Waals surface area contributed by atoms with Crippen molar-refractivity contribution in [2.75, 3.05) is 13.2 Å². The van der Waals surface area contributed by atoms with Crippen LogP contribution in [0.4, 0.5) is 4.79 Å². The fourth-order valence-electron chi connectivity index (χ4n) is 1.10. The summed E-state index contributed by atoms with van der Waals surface area (Å²) in [5.41, 5.74) is 5.07. The smallest absolute Gasteiger partial charge is 0.407 e. The predicted molar refractivity (Wildman–Crippen MR) is 61.4 cm³/mol. The molecule has 0 saturated carbocycles. The van der Waals surface area contributed by atoms with Crippen LogP contribution in [0, 0.1) is 0 Å². The summed E-state index contributed by atoms with van der Waals surface area (Å²) in [6.45, 7) is 5.71. The van der Waals surface area contributed by atoms with Crippen molar-refractivity contribution in [3.8, 4) is 0 Å². The lowest BCUT2D eigenvalue weighted by Crippen LogP contribution is -2.46. The molecule has 0 aliphatic carbocycles. The van der Waals surface area contributed by atoms with E-state index < -0.39 is 11.6 Å².